The maximum atomic E-state index is 3.35. The Labute approximate surface area is 72.8 Å². The van der Waals surface area contributed by atoms with Crippen molar-refractivity contribution in [2.24, 2.45) is 0 Å². The van der Waals surface area contributed by atoms with Crippen molar-refractivity contribution in [2.45, 2.75) is 39.0 Å². The third-order valence-corrected chi connectivity index (χ3v) is 1.85. The summed E-state index contributed by atoms with van der Waals surface area (Å²) < 4.78 is 0. The van der Waals surface area contributed by atoms with Gasteiger partial charge < -0.3 is 0 Å². The summed E-state index contributed by atoms with van der Waals surface area (Å²) in [4.78, 5) is 0. The number of halogens is 1. The highest BCUT2D eigenvalue weighted by molar-refractivity contribution is 9.09. The molecule has 0 unspecified atom stereocenters. The van der Waals surface area contributed by atoms with Crippen LogP contribution in [0.1, 0.15) is 39.0 Å². The topological polar surface area (TPSA) is 0 Å². The van der Waals surface area contributed by atoms with Crippen LogP contribution in [0.5, 0.6) is 0 Å². The average molecular weight is 205 g/mol. The first-order valence-corrected chi connectivity index (χ1v) is 5.25. The molecule has 0 aliphatic carbocycles. The molecule has 0 radical (unpaired) electrons. The van der Waals surface area contributed by atoms with Crippen molar-refractivity contribution in [3.05, 3.63) is 12.2 Å². The van der Waals surface area contributed by atoms with Crippen molar-refractivity contribution >= 4 is 15.9 Å². The summed E-state index contributed by atoms with van der Waals surface area (Å²) >= 11 is 3.35. The zero-order valence-electron chi connectivity index (χ0n) is 6.78. The average Bonchev–Trinajstić information content (AvgIpc) is 1.97. The van der Waals surface area contributed by atoms with Gasteiger partial charge in [0.1, 0.15) is 0 Å². The van der Waals surface area contributed by atoms with E-state index in [1.54, 1.807) is 0 Å². The molecule has 0 N–H and O–H groups in total. The van der Waals surface area contributed by atoms with Crippen molar-refractivity contribution in [3.8, 4) is 0 Å². The van der Waals surface area contributed by atoms with Gasteiger partial charge in [0.25, 0.3) is 0 Å². The zero-order valence-corrected chi connectivity index (χ0v) is 8.36. The lowest BCUT2D eigenvalue weighted by atomic mass is 10.1. The summed E-state index contributed by atoms with van der Waals surface area (Å²) in [5.74, 6) is 0. The van der Waals surface area contributed by atoms with Gasteiger partial charge >= 0.3 is 0 Å². The van der Waals surface area contributed by atoms with Gasteiger partial charge in [-0.15, -0.1) is 0 Å². The van der Waals surface area contributed by atoms with E-state index in [1.807, 2.05) is 0 Å². The quantitative estimate of drug-likeness (QED) is 0.350. The summed E-state index contributed by atoms with van der Waals surface area (Å²) in [6.45, 7) is 2.24. The van der Waals surface area contributed by atoms with Gasteiger partial charge in [0.2, 0.25) is 0 Å². The second-order valence-electron chi connectivity index (χ2n) is 2.48. The van der Waals surface area contributed by atoms with E-state index in [0.29, 0.717) is 0 Å². The van der Waals surface area contributed by atoms with E-state index >= 15 is 0 Å². The second kappa shape index (κ2) is 9.22. The first-order chi connectivity index (χ1) is 4.91. The minimum absolute atomic E-state index is 1.00. The molecule has 0 saturated heterocycles. The monoisotopic (exact) mass is 204 g/mol. The van der Waals surface area contributed by atoms with Crippen molar-refractivity contribution in [1.82, 2.24) is 0 Å². The second-order valence-corrected chi connectivity index (χ2v) is 3.12. The van der Waals surface area contributed by atoms with Crippen LogP contribution in [0.15, 0.2) is 12.2 Å². The van der Waals surface area contributed by atoms with Crippen LogP contribution in [0.3, 0.4) is 0 Å². The van der Waals surface area contributed by atoms with Crippen LogP contribution in [0.2, 0.25) is 0 Å². The van der Waals surface area contributed by atoms with Gasteiger partial charge in [0, 0.05) is 5.33 Å². The zero-order chi connectivity index (χ0) is 7.66. The van der Waals surface area contributed by atoms with E-state index in [1.165, 1.54) is 32.1 Å². The van der Waals surface area contributed by atoms with Crippen molar-refractivity contribution in [1.29, 1.82) is 0 Å². The third kappa shape index (κ3) is 8.22. The highest BCUT2D eigenvalue weighted by Gasteiger charge is 1.82. The molecule has 0 atom stereocenters. The number of rotatable bonds is 6. The molecule has 0 rings (SSSR count). The molecule has 1 heteroatoms. The van der Waals surface area contributed by atoms with Gasteiger partial charge in [-0.3, -0.25) is 0 Å². The fourth-order valence-electron chi connectivity index (χ4n) is 0.870. The molecule has 0 aromatic carbocycles. The van der Waals surface area contributed by atoms with Crippen molar-refractivity contribution in [3.63, 3.8) is 0 Å². The largest absolute Gasteiger partial charge is 0.0883 e. The molecule has 0 amide bonds. The Hall–Kier alpha value is 0.220. The summed E-state index contributed by atoms with van der Waals surface area (Å²) in [5, 5.41) is 1.00. The number of hydrogen-bond acceptors (Lipinski definition) is 0. The van der Waals surface area contributed by atoms with E-state index in [4.69, 9.17) is 0 Å². The van der Waals surface area contributed by atoms with Crippen LogP contribution in [-0.4, -0.2) is 5.33 Å². The Morgan fingerprint density at radius 3 is 2.50 bits per heavy atom. The minimum atomic E-state index is 1.00. The van der Waals surface area contributed by atoms with Crippen LogP contribution in [0.4, 0.5) is 0 Å². The maximum Gasteiger partial charge on any atom is 0.0212 e. The van der Waals surface area contributed by atoms with Crippen LogP contribution >= 0.6 is 15.9 Å². The van der Waals surface area contributed by atoms with E-state index in [0.717, 1.165) is 5.33 Å². The highest BCUT2D eigenvalue weighted by Crippen LogP contribution is 2.02. The predicted octanol–water partition coefficient (Wildman–Crippen LogP) is 3.91. The number of unbranched alkanes of at least 4 members (excludes halogenated alkanes) is 4. The number of hydrogen-bond donors (Lipinski definition) is 0. The summed E-state index contributed by atoms with van der Waals surface area (Å²) in [6.07, 6.45) is 11.2. The molecular weight excluding hydrogens is 188 g/mol. The molecule has 0 nitrogen and oxygen atoms in total. The number of allylic oxidation sites excluding steroid dienone is 2. The molecule has 0 aliphatic heterocycles. The van der Waals surface area contributed by atoms with Gasteiger partial charge in [0.15, 0.2) is 0 Å². The summed E-state index contributed by atoms with van der Waals surface area (Å²) in [6, 6.07) is 0. The van der Waals surface area contributed by atoms with Gasteiger partial charge in [-0.2, -0.15) is 0 Å². The Morgan fingerprint density at radius 1 is 1.10 bits per heavy atom. The minimum Gasteiger partial charge on any atom is -0.0883 e. The molecule has 0 spiro atoms. The Bertz CT molecular complexity index is 76.8. The molecule has 0 saturated carbocycles. The van der Waals surface area contributed by atoms with Crippen LogP contribution in [0, 0.1) is 0 Å². The van der Waals surface area contributed by atoms with Gasteiger partial charge in [0.05, 0.1) is 0 Å². The van der Waals surface area contributed by atoms with Crippen LogP contribution < -0.4 is 0 Å². The lowest BCUT2D eigenvalue weighted by Gasteiger charge is -1.92. The molecule has 0 fully saturated rings. The Balaban J connectivity index is 2.83. The van der Waals surface area contributed by atoms with E-state index < -0.39 is 0 Å². The van der Waals surface area contributed by atoms with Crippen LogP contribution in [-0.2, 0) is 0 Å². The molecule has 0 aromatic rings. The SMILES string of the molecule is CCCCCCC=CCBr. The molecule has 0 aromatic heterocycles. The predicted molar refractivity (Wildman–Crippen MR) is 51.7 cm³/mol. The molecule has 0 bridgehead atoms. The third-order valence-electron chi connectivity index (χ3n) is 1.48. The first kappa shape index (κ1) is 10.2. The van der Waals surface area contributed by atoms with Crippen molar-refractivity contribution in [2.75, 3.05) is 5.33 Å². The normalized spacial score (nSPS) is 11.0. The van der Waals surface area contributed by atoms with Gasteiger partial charge in [-0.1, -0.05) is 54.3 Å². The summed E-state index contributed by atoms with van der Waals surface area (Å²) in [5.41, 5.74) is 0. The lowest BCUT2D eigenvalue weighted by molar-refractivity contribution is 0.674. The van der Waals surface area contributed by atoms with E-state index in [9.17, 15) is 0 Å². The van der Waals surface area contributed by atoms with E-state index in [2.05, 4.69) is 35.0 Å². The molecule has 60 valence electrons. The van der Waals surface area contributed by atoms with Gasteiger partial charge in [-0.25, -0.2) is 0 Å². The van der Waals surface area contributed by atoms with E-state index in [-0.39, 0.29) is 0 Å². The first-order valence-electron chi connectivity index (χ1n) is 4.12. The molecule has 10 heavy (non-hydrogen) atoms. The Morgan fingerprint density at radius 2 is 1.90 bits per heavy atom. The maximum absolute atomic E-state index is 3.35. The molecular formula is C9H17Br. The standard InChI is InChI=1S/C9H17Br/c1-2-3-4-5-6-7-8-9-10/h7-8H,2-6,9H2,1H3. The smallest absolute Gasteiger partial charge is 0.0212 e. The Kier molecular flexibility index (Phi) is 9.42. The fraction of sp³-hybridized carbons (Fsp3) is 0.778. The number of alkyl halides is 1. The molecule has 0 aliphatic rings. The highest BCUT2D eigenvalue weighted by atomic mass is 79.9. The lowest BCUT2D eigenvalue weighted by Crippen LogP contribution is -1.73. The fourth-order valence-corrected chi connectivity index (χ4v) is 1.13. The van der Waals surface area contributed by atoms with Crippen molar-refractivity contribution < 1.29 is 0 Å². The molecule has 0 heterocycles. The van der Waals surface area contributed by atoms with Crippen LogP contribution in [0.25, 0.3) is 0 Å². The summed E-state index contributed by atoms with van der Waals surface area (Å²) in [7, 11) is 0. The van der Waals surface area contributed by atoms with Gasteiger partial charge in [-0.05, 0) is 12.8 Å².